The van der Waals surface area contributed by atoms with E-state index in [4.69, 9.17) is 14.5 Å². The lowest BCUT2D eigenvalue weighted by Crippen LogP contribution is -2.01. The zero-order valence-corrected chi connectivity index (χ0v) is 17.0. The molecule has 1 aromatic heterocycles. The molecule has 0 radical (unpaired) electrons. The molecule has 0 saturated heterocycles. The molecule has 0 aliphatic rings. The number of hydrogen-bond donors (Lipinski definition) is 3. The fourth-order valence-electron chi connectivity index (χ4n) is 3.14. The van der Waals surface area contributed by atoms with E-state index in [0.717, 1.165) is 35.3 Å². The smallest absolute Gasteiger partial charge is 0.302 e. The molecule has 0 aliphatic carbocycles. The lowest BCUT2D eigenvalue weighted by molar-refractivity contribution is 0.230. The van der Waals surface area contributed by atoms with E-state index < -0.39 is 17.5 Å². The largest absolute Gasteiger partial charge is 0.508 e. The van der Waals surface area contributed by atoms with Crippen molar-refractivity contribution in [2.75, 3.05) is 0 Å². The Morgan fingerprint density at radius 3 is 2.69 bits per heavy atom. The SMILES string of the molecule is CCC(CCc1ccc(O)c(CN)c1)c1cc(C)c(C(C)OS(=O)O)s1. The van der Waals surface area contributed by atoms with Gasteiger partial charge in [0.2, 0.25) is 0 Å². The summed E-state index contributed by atoms with van der Waals surface area (Å²) < 4.78 is 24.8. The summed E-state index contributed by atoms with van der Waals surface area (Å²) in [6.07, 6.45) is 2.51. The molecule has 3 atom stereocenters. The summed E-state index contributed by atoms with van der Waals surface area (Å²) in [6, 6.07) is 7.79. The zero-order valence-electron chi connectivity index (χ0n) is 15.4. The van der Waals surface area contributed by atoms with E-state index in [1.807, 2.05) is 19.1 Å². The summed E-state index contributed by atoms with van der Waals surface area (Å²) in [5.74, 6) is 0.659. The number of benzene rings is 1. The number of aromatic hydroxyl groups is 1. The first-order valence-electron chi connectivity index (χ1n) is 8.74. The topological polar surface area (TPSA) is 92.8 Å². The van der Waals surface area contributed by atoms with Crippen LogP contribution >= 0.6 is 11.3 Å². The highest BCUT2D eigenvalue weighted by molar-refractivity contribution is 7.74. The minimum Gasteiger partial charge on any atom is -0.508 e. The summed E-state index contributed by atoms with van der Waals surface area (Å²) in [7, 11) is 0. The quantitative estimate of drug-likeness (QED) is 0.539. The normalized spacial score (nSPS) is 15.0. The Kier molecular flexibility index (Phi) is 7.79. The molecular weight excluding hydrogens is 370 g/mol. The standard InChI is InChI=1S/C19H27NO4S2/c1-4-15(7-5-14-6-8-17(21)16(10-14)11-20)18-9-12(2)19(25-18)13(3)24-26(22)23/h6,8-10,13,15,21H,4-5,7,11,20H2,1-3H3,(H,22,23). The molecule has 1 heterocycles. The average molecular weight is 398 g/mol. The third-order valence-electron chi connectivity index (χ3n) is 4.61. The molecule has 1 aromatic carbocycles. The number of hydrogen-bond acceptors (Lipinski definition) is 5. The molecule has 0 fully saturated rings. The maximum atomic E-state index is 10.9. The highest BCUT2D eigenvalue weighted by Crippen LogP contribution is 2.37. The Bertz CT molecular complexity index is 760. The van der Waals surface area contributed by atoms with Crippen molar-refractivity contribution in [3.63, 3.8) is 0 Å². The molecule has 26 heavy (non-hydrogen) atoms. The van der Waals surface area contributed by atoms with Crippen LogP contribution in [0, 0.1) is 6.92 Å². The average Bonchev–Trinajstić information content (AvgIpc) is 2.98. The van der Waals surface area contributed by atoms with Gasteiger partial charge in [-0.1, -0.05) is 19.1 Å². The molecule has 5 nitrogen and oxygen atoms in total. The zero-order chi connectivity index (χ0) is 19.3. The summed E-state index contributed by atoms with van der Waals surface area (Å²) in [5, 5.41) is 9.75. The molecule has 0 spiro atoms. The van der Waals surface area contributed by atoms with E-state index in [-0.39, 0.29) is 5.75 Å². The van der Waals surface area contributed by atoms with Crippen LogP contribution in [0.1, 0.15) is 65.2 Å². The molecule has 2 aromatic rings. The molecule has 2 rings (SSSR count). The monoisotopic (exact) mass is 397 g/mol. The fraction of sp³-hybridized carbons (Fsp3) is 0.474. The maximum absolute atomic E-state index is 10.9. The van der Waals surface area contributed by atoms with Crippen molar-refractivity contribution in [3.05, 3.63) is 50.7 Å². The fourth-order valence-corrected chi connectivity index (χ4v) is 4.92. The first kappa shape index (κ1) is 21.1. The van der Waals surface area contributed by atoms with Gasteiger partial charge < -0.3 is 10.8 Å². The van der Waals surface area contributed by atoms with Gasteiger partial charge in [-0.25, -0.2) is 0 Å². The highest BCUT2D eigenvalue weighted by atomic mass is 32.2. The maximum Gasteiger partial charge on any atom is 0.302 e. The lowest BCUT2D eigenvalue weighted by Gasteiger charge is -2.14. The third-order valence-corrected chi connectivity index (χ3v) is 6.63. The number of phenols is 1. The van der Waals surface area contributed by atoms with Crippen LogP contribution in [0.2, 0.25) is 0 Å². The van der Waals surface area contributed by atoms with Gasteiger partial charge in [0.05, 0.1) is 0 Å². The minimum absolute atomic E-state index is 0.247. The van der Waals surface area contributed by atoms with Crippen LogP contribution in [0.3, 0.4) is 0 Å². The highest BCUT2D eigenvalue weighted by Gasteiger charge is 2.19. The van der Waals surface area contributed by atoms with Crippen molar-refractivity contribution in [2.45, 2.75) is 58.6 Å². The Labute approximate surface area is 161 Å². The van der Waals surface area contributed by atoms with E-state index in [2.05, 4.69) is 13.0 Å². The van der Waals surface area contributed by atoms with Gasteiger partial charge in [-0.05, 0) is 62.3 Å². The van der Waals surface area contributed by atoms with Crippen molar-refractivity contribution in [1.29, 1.82) is 0 Å². The second-order valence-electron chi connectivity index (χ2n) is 6.46. The van der Waals surface area contributed by atoms with E-state index in [9.17, 15) is 9.32 Å². The predicted octanol–water partition coefficient (Wildman–Crippen LogP) is 4.56. The lowest BCUT2D eigenvalue weighted by atomic mass is 9.94. The van der Waals surface area contributed by atoms with Gasteiger partial charge in [-0.15, -0.1) is 11.3 Å². The second-order valence-corrected chi connectivity index (χ2v) is 8.20. The minimum atomic E-state index is -2.27. The molecule has 0 saturated carbocycles. The van der Waals surface area contributed by atoms with Gasteiger partial charge in [0.15, 0.2) is 0 Å². The molecule has 144 valence electrons. The Balaban J connectivity index is 2.10. The van der Waals surface area contributed by atoms with E-state index in [0.29, 0.717) is 12.5 Å². The van der Waals surface area contributed by atoms with Crippen LogP contribution in [-0.4, -0.2) is 13.9 Å². The Morgan fingerprint density at radius 2 is 2.08 bits per heavy atom. The van der Waals surface area contributed by atoms with Crippen molar-refractivity contribution in [1.82, 2.24) is 0 Å². The molecule has 3 unspecified atom stereocenters. The Hall–Kier alpha value is -1.25. The number of phenolic OH excluding ortho intramolecular Hbond substituents is 1. The first-order chi connectivity index (χ1) is 12.3. The Morgan fingerprint density at radius 1 is 1.35 bits per heavy atom. The summed E-state index contributed by atoms with van der Waals surface area (Å²) in [5.41, 5.74) is 8.70. The van der Waals surface area contributed by atoms with Crippen molar-refractivity contribution in [3.8, 4) is 5.75 Å². The number of aryl methyl sites for hydroxylation is 2. The van der Waals surface area contributed by atoms with Crippen LogP contribution in [0.5, 0.6) is 5.75 Å². The van der Waals surface area contributed by atoms with Crippen LogP contribution in [0.15, 0.2) is 24.3 Å². The number of rotatable bonds is 9. The van der Waals surface area contributed by atoms with Crippen molar-refractivity contribution in [2.24, 2.45) is 5.73 Å². The van der Waals surface area contributed by atoms with Gasteiger partial charge in [0, 0.05) is 21.9 Å². The molecular formula is C19H27NO4S2. The van der Waals surface area contributed by atoms with Gasteiger partial charge in [-0.3, -0.25) is 8.74 Å². The molecule has 0 amide bonds. The van der Waals surface area contributed by atoms with Crippen molar-refractivity contribution < 1.29 is 18.1 Å². The van der Waals surface area contributed by atoms with E-state index >= 15 is 0 Å². The predicted molar refractivity (Wildman–Crippen MR) is 107 cm³/mol. The first-order valence-corrected chi connectivity index (χ1v) is 10.6. The van der Waals surface area contributed by atoms with Crippen LogP contribution < -0.4 is 5.73 Å². The molecule has 4 N–H and O–H groups in total. The molecule has 7 heteroatoms. The van der Waals surface area contributed by atoms with Crippen LogP contribution in [0.4, 0.5) is 0 Å². The van der Waals surface area contributed by atoms with Gasteiger partial charge in [0.25, 0.3) is 0 Å². The number of nitrogens with two attached hydrogens (primary N) is 1. The number of thiophene rings is 1. The van der Waals surface area contributed by atoms with Gasteiger partial charge in [-0.2, -0.15) is 4.21 Å². The summed E-state index contributed by atoms with van der Waals surface area (Å²) in [6.45, 7) is 6.30. The summed E-state index contributed by atoms with van der Waals surface area (Å²) >= 11 is -0.608. The van der Waals surface area contributed by atoms with E-state index in [1.165, 1.54) is 10.4 Å². The van der Waals surface area contributed by atoms with Gasteiger partial charge in [0.1, 0.15) is 11.9 Å². The summed E-state index contributed by atoms with van der Waals surface area (Å²) in [4.78, 5) is 2.27. The van der Waals surface area contributed by atoms with Gasteiger partial charge >= 0.3 is 11.4 Å². The van der Waals surface area contributed by atoms with Crippen LogP contribution in [0.25, 0.3) is 0 Å². The second kappa shape index (κ2) is 9.62. The third kappa shape index (κ3) is 5.37. The van der Waals surface area contributed by atoms with Crippen LogP contribution in [-0.2, 0) is 28.5 Å². The van der Waals surface area contributed by atoms with Crippen molar-refractivity contribution >= 4 is 22.7 Å². The van der Waals surface area contributed by atoms with E-state index in [1.54, 1.807) is 24.3 Å². The molecule has 0 aliphatic heterocycles. The molecule has 0 bridgehead atoms.